The molecular formula is C15H22O2. The van der Waals surface area contributed by atoms with Gasteiger partial charge in [-0.1, -0.05) is 13.8 Å². The largest absolute Gasteiger partial charge is 0.493 e. The second-order valence-electron chi connectivity index (χ2n) is 4.45. The Bertz CT molecular complexity index is 394. The zero-order valence-corrected chi connectivity index (χ0v) is 11.3. The molecule has 94 valence electrons. The highest BCUT2D eigenvalue weighted by molar-refractivity contribution is 5.97. The highest BCUT2D eigenvalue weighted by Crippen LogP contribution is 2.24. The summed E-state index contributed by atoms with van der Waals surface area (Å²) in [7, 11) is 0. The number of hydrogen-bond acceptors (Lipinski definition) is 2. The van der Waals surface area contributed by atoms with Crippen LogP contribution in [0.1, 0.15) is 54.6 Å². The predicted octanol–water partition coefficient (Wildman–Crippen LogP) is 4.08. The molecule has 0 spiro atoms. The number of rotatable bonds is 6. The van der Waals surface area contributed by atoms with Crippen molar-refractivity contribution in [1.82, 2.24) is 0 Å². The van der Waals surface area contributed by atoms with Crippen LogP contribution in [0.5, 0.6) is 5.75 Å². The molecule has 0 saturated heterocycles. The van der Waals surface area contributed by atoms with Crippen molar-refractivity contribution in [2.24, 2.45) is 0 Å². The molecule has 0 unspecified atom stereocenters. The molecule has 0 aliphatic rings. The van der Waals surface area contributed by atoms with E-state index in [1.807, 2.05) is 32.9 Å². The van der Waals surface area contributed by atoms with Gasteiger partial charge in [0.25, 0.3) is 0 Å². The smallest absolute Gasteiger partial charge is 0.163 e. The summed E-state index contributed by atoms with van der Waals surface area (Å²) in [6.07, 6.45) is 2.51. The topological polar surface area (TPSA) is 26.3 Å². The lowest BCUT2D eigenvalue weighted by atomic mass is 9.99. The van der Waals surface area contributed by atoms with Crippen molar-refractivity contribution in [2.45, 2.75) is 47.0 Å². The number of ether oxygens (including phenoxy) is 1. The zero-order valence-electron chi connectivity index (χ0n) is 11.3. The van der Waals surface area contributed by atoms with Crippen LogP contribution in [-0.2, 0) is 0 Å². The van der Waals surface area contributed by atoms with E-state index in [-0.39, 0.29) is 5.78 Å². The van der Waals surface area contributed by atoms with Gasteiger partial charge in [0.15, 0.2) is 5.78 Å². The molecule has 1 rings (SSSR count). The molecule has 17 heavy (non-hydrogen) atoms. The first-order valence-corrected chi connectivity index (χ1v) is 6.37. The standard InChI is InChI=1S/C15H22O2/c1-5-7-14(16)13-9-12(4)15(10-11(13)3)17-8-6-2/h9-10H,5-8H2,1-4H3. The Kier molecular flexibility index (Phi) is 5.20. The lowest BCUT2D eigenvalue weighted by Crippen LogP contribution is -2.04. The normalized spacial score (nSPS) is 10.4. The molecular weight excluding hydrogens is 212 g/mol. The van der Waals surface area contributed by atoms with E-state index in [1.54, 1.807) is 0 Å². The summed E-state index contributed by atoms with van der Waals surface area (Å²) < 4.78 is 5.65. The van der Waals surface area contributed by atoms with Crippen LogP contribution in [0.2, 0.25) is 0 Å². The molecule has 0 amide bonds. The second-order valence-corrected chi connectivity index (χ2v) is 4.45. The van der Waals surface area contributed by atoms with E-state index in [2.05, 4.69) is 6.92 Å². The monoisotopic (exact) mass is 234 g/mol. The van der Waals surface area contributed by atoms with Crippen LogP contribution < -0.4 is 4.74 Å². The molecule has 1 aromatic carbocycles. The third kappa shape index (κ3) is 3.58. The van der Waals surface area contributed by atoms with Gasteiger partial charge in [-0.15, -0.1) is 0 Å². The van der Waals surface area contributed by atoms with Crippen molar-refractivity contribution < 1.29 is 9.53 Å². The number of benzene rings is 1. The van der Waals surface area contributed by atoms with Gasteiger partial charge in [0, 0.05) is 12.0 Å². The molecule has 2 nitrogen and oxygen atoms in total. The minimum absolute atomic E-state index is 0.232. The molecule has 0 fully saturated rings. The van der Waals surface area contributed by atoms with Gasteiger partial charge < -0.3 is 4.74 Å². The van der Waals surface area contributed by atoms with E-state index in [1.165, 1.54) is 0 Å². The van der Waals surface area contributed by atoms with Gasteiger partial charge in [0.2, 0.25) is 0 Å². The maximum atomic E-state index is 11.9. The van der Waals surface area contributed by atoms with Crippen molar-refractivity contribution in [3.63, 3.8) is 0 Å². The number of aryl methyl sites for hydroxylation is 2. The van der Waals surface area contributed by atoms with Gasteiger partial charge in [0.05, 0.1) is 6.61 Å². The summed E-state index contributed by atoms with van der Waals surface area (Å²) in [6, 6.07) is 3.94. The fourth-order valence-corrected chi connectivity index (χ4v) is 1.82. The second kappa shape index (κ2) is 6.43. The molecule has 0 heterocycles. The van der Waals surface area contributed by atoms with Crippen molar-refractivity contribution in [1.29, 1.82) is 0 Å². The van der Waals surface area contributed by atoms with Gasteiger partial charge in [-0.2, -0.15) is 0 Å². The quantitative estimate of drug-likeness (QED) is 0.693. The van der Waals surface area contributed by atoms with Crippen LogP contribution >= 0.6 is 0 Å². The summed E-state index contributed by atoms with van der Waals surface area (Å²) in [5, 5.41) is 0. The minimum atomic E-state index is 0.232. The molecule has 0 atom stereocenters. The van der Waals surface area contributed by atoms with Crippen LogP contribution in [0.4, 0.5) is 0 Å². The van der Waals surface area contributed by atoms with E-state index in [0.29, 0.717) is 6.42 Å². The lowest BCUT2D eigenvalue weighted by molar-refractivity contribution is 0.0981. The summed E-state index contributed by atoms with van der Waals surface area (Å²) in [5.41, 5.74) is 2.90. The van der Waals surface area contributed by atoms with Gasteiger partial charge in [0.1, 0.15) is 5.75 Å². The van der Waals surface area contributed by atoms with Crippen LogP contribution in [0.3, 0.4) is 0 Å². The third-order valence-corrected chi connectivity index (χ3v) is 2.76. The zero-order chi connectivity index (χ0) is 12.8. The highest BCUT2D eigenvalue weighted by Gasteiger charge is 2.11. The van der Waals surface area contributed by atoms with Gasteiger partial charge in [-0.05, 0) is 49.9 Å². The minimum Gasteiger partial charge on any atom is -0.493 e. The van der Waals surface area contributed by atoms with E-state index in [9.17, 15) is 4.79 Å². The van der Waals surface area contributed by atoms with Gasteiger partial charge >= 0.3 is 0 Å². The molecule has 2 heteroatoms. The van der Waals surface area contributed by atoms with Crippen LogP contribution in [-0.4, -0.2) is 12.4 Å². The molecule has 0 saturated carbocycles. The van der Waals surface area contributed by atoms with Crippen LogP contribution in [0.15, 0.2) is 12.1 Å². The van der Waals surface area contributed by atoms with Crippen LogP contribution in [0.25, 0.3) is 0 Å². The van der Waals surface area contributed by atoms with Crippen molar-refractivity contribution in [3.8, 4) is 5.75 Å². The SMILES string of the molecule is CCCOc1cc(C)c(C(=O)CCC)cc1C. The van der Waals surface area contributed by atoms with Crippen molar-refractivity contribution in [3.05, 3.63) is 28.8 Å². The maximum absolute atomic E-state index is 11.9. The summed E-state index contributed by atoms with van der Waals surface area (Å²) in [4.78, 5) is 11.9. The number of carbonyl (C=O) groups is 1. The Hall–Kier alpha value is -1.31. The molecule has 0 aliphatic heterocycles. The van der Waals surface area contributed by atoms with Crippen molar-refractivity contribution in [2.75, 3.05) is 6.61 Å². The predicted molar refractivity (Wildman–Crippen MR) is 70.9 cm³/mol. The Labute approximate surface area is 104 Å². The Morgan fingerprint density at radius 1 is 1.12 bits per heavy atom. The average molecular weight is 234 g/mol. The maximum Gasteiger partial charge on any atom is 0.163 e. The molecule has 0 bridgehead atoms. The van der Waals surface area contributed by atoms with E-state index >= 15 is 0 Å². The molecule has 0 N–H and O–H groups in total. The molecule has 0 aliphatic carbocycles. The number of ketones is 1. The average Bonchev–Trinajstić information content (AvgIpc) is 2.30. The third-order valence-electron chi connectivity index (χ3n) is 2.76. The fourth-order valence-electron chi connectivity index (χ4n) is 1.82. The molecule has 1 aromatic rings. The Balaban J connectivity index is 2.96. The van der Waals surface area contributed by atoms with E-state index in [0.717, 1.165) is 41.9 Å². The van der Waals surface area contributed by atoms with Crippen molar-refractivity contribution >= 4 is 5.78 Å². The first-order valence-electron chi connectivity index (χ1n) is 6.37. The van der Waals surface area contributed by atoms with E-state index < -0.39 is 0 Å². The highest BCUT2D eigenvalue weighted by atomic mass is 16.5. The Morgan fingerprint density at radius 2 is 1.82 bits per heavy atom. The fraction of sp³-hybridized carbons (Fsp3) is 0.533. The van der Waals surface area contributed by atoms with Gasteiger partial charge in [-0.25, -0.2) is 0 Å². The first kappa shape index (κ1) is 13.8. The lowest BCUT2D eigenvalue weighted by Gasteiger charge is -2.12. The number of carbonyl (C=O) groups excluding carboxylic acids is 1. The van der Waals surface area contributed by atoms with Crippen LogP contribution in [0, 0.1) is 13.8 Å². The summed E-state index contributed by atoms with van der Waals surface area (Å²) in [5.74, 6) is 1.13. The molecule has 0 radical (unpaired) electrons. The van der Waals surface area contributed by atoms with E-state index in [4.69, 9.17) is 4.74 Å². The number of Topliss-reactive ketones (excluding diaryl/α,β-unsaturated/α-hetero) is 1. The summed E-state index contributed by atoms with van der Waals surface area (Å²) in [6.45, 7) is 8.80. The Morgan fingerprint density at radius 3 is 2.41 bits per heavy atom. The molecule has 0 aromatic heterocycles. The first-order chi connectivity index (χ1) is 8.10. The number of hydrogen-bond donors (Lipinski definition) is 0. The summed E-state index contributed by atoms with van der Waals surface area (Å²) >= 11 is 0. The van der Waals surface area contributed by atoms with Gasteiger partial charge in [-0.3, -0.25) is 4.79 Å².